The highest BCUT2D eigenvalue weighted by Crippen LogP contribution is 2.31. The average molecular weight is 315 g/mol. The van der Waals surface area contributed by atoms with Gasteiger partial charge in [-0.05, 0) is 31.2 Å². The minimum absolute atomic E-state index is 0.120. The summed E-state index contributed by atoms with van der Waals surface area (Å²) in [6, 6.07) is 5.71. The first-order valence-electron chi connectivity index (χ1n) is 5.72. The Hall–Kier alpha value is -1.79. The van der Waals surface area contributed by atoms with Crippen molar-refractivity contribution in [2.45, 2.75) is 13.0 Å². The van der Waals surface area contributed by atoms with E-state index in [2.05, 4.69) is 5.32 Å². The normalized spacial score (nSPS) is 12.2. The zero-order valence-electron chi connectivity index (χ0n) is 10.5. The number of carboxylic acid groups (broad SMARTS) is 1. The van der Waals surface area contributed by atoms with Crippen LogP contribution in [0.3, 0.4) is 0 Å². The largest absolute Gasteiger partial charge is 0.478 e. The first kappa shape index (κ1) is 14.6. The van der Waals surface area contributed by atoms with Gasteiger partial charge in [0, 0.05) is 4.88 Å². The van der Waals surface area contributed by atoms with Gasteiger partial charge < -0.3 is 16.2 Å². The number of nitrogens with one attached hydrogen (secondary N) is 1. The van der Waals surface area contributed by atoms with Gasteiger partial charge in [0.05, 0.1) is 27.3 Å². The smallest absolute Gasteiger partial charge is 0.338 e. The predicted octanol–water partition coefficient (Wildman–Crippen LogP) is 3.99. The Morgan fingerprint density at radius 3 is 2.75 bits per heavy atom. The van der Waals surface area contributed by atoms with Crippen LogP contribution in [0.25, 0.3) is 0 Å². The number of nitrogen functional groups attached to an aromatic ring is 1. The summed E-state index contributed by atoms with van der Waals surface area (Å²) in [7, 11) is 0. The number of anilines is 2. The van der Waals surface area contributed by atoms with Crippen LogP contribution >= 0.6 is 22.9 Å². The number of rotatable bonds is 4. The average Bonchev–Trinajstić information content (AvgIpc) is 2.79. The van der Waals surface area contributed by atoms with Gasteiger partial charge in [-0.3, -0.25) is 0 Å². The van der Waals surface area contributed by atoms with E-state index in [1.165, 1.54) is 11.3 Å². The number of nitrogens with two attached hydrogens (primary N) is 1. The number of carbonyl (C=O) groups is 1. The molecule has 4 nitrogen and oxygen atoms in total. The number of aromatic carboxylic acids is 1. The molecule has 7 heteroatoms. The summed E-state index contributed by atoms with van der Waals surface area (Å²) in [4.78, 5) is 11.8. The zero-order valence-corrected chi connectivity index (χ0v) is 12.1. The van der Waals surface area contributed by atoms with Gasteiger partial charge >= 0.3 is 5.97 Å². The molecule has 1 aromatic heterocycles. The monoisotopic (exact) mass is 314 g/mol. The highest BCUT2D eigenvalue weighted by atomic mass is 35.5. The van der Waals surface area contributed by atoms with Crippen LogP contribution < -0.4 is 11.1 Å². The standard InChI is InChI=1S/C13H12ClFN2O2S/c1-6(11-2-3-12(14)20-11)17-10-5-8(15)7(13(18)19)4-9(10)16/h2-6,17H,16H2,1H3,(H,18,19). The molecule has 2 rings (SSSR count). The van der Waals surface area contributed by atoms with Crippen LogP contribution in [0.5, 0.6) is 0 Å². The van der Waals surface area contributed by atoms with Crippen molar-refractivity contribution in [2.24, 2.45) is 0 Å². The molecule has 1 atom stereocenters. The first-order valence-corrected chi connectivity index (χ1v) is 6.92. The maximum Gasteiger partial charge on any atom is 0.338 e. The Kier molecular flexibility index (Phi) is 4.15. The van der Waals surface area contributed by atoms with E-state index < -0.39 is 17.3 Å². The van der Waals surface area contributed by atoms with Gasteiger partial charge in [0.2, 0.25) is 0 Å². The summed E-state index contributed by atoms with van der Waals surface area (Å²) in [6.45, 7) is 1.88. The Labute approximate surface area is 124 Å². The van der Waals surface area contributed by atoms with Crippen LogP contribution in [0.4, 0.5) is 15.8 Å². The van der Waals surface area contributed by atoms with Crippen molar-refractivity contribution in [1.29, 1.82) is 0 Å². The molecule has 1 unspecified atom stereocenters. The lowest BCUT2D eigenvalue weighted by Crippen LogP contribution is -2.09. The molecule has 4 N–H and O–H groups in total. The van der Waals surface area contributed by atoms with E-state index in [0.717, 1.165) is 17.0 Å². The molecule has 1 aromatic carbocycles. The number of thiophene rings is 1. The van der Waals surface area contributed by atoms with E-state index in [9.17, 15) is 9.18 Å². The molecular formula is C13H12ClFN2O2S. The van der Waals surface area contributed by atoms with Crippen LogP contribution in [0.1, 0.15) is 28.2 Å². The van der Waals surface area contributed by atoms with E-state index >= 15 is 0 Å². The maximum atomic E-state index is 13.6. The van der Waals surface area contributed by atoms with Crippen molar-refractivity contribution in [2.75, 3.05) is 11.1 Å². The molecule has 20 heavy (non-hydrogen) atoms. The Morgan fingerprint density at radius 1 is 1.50 bits per heavy atom. The van der Waals surface area contributed by atoms with Crippen LogP contribution in [0.15, 0.2) is 24.3 Å². The summed E-state index contributed by atoms with van der Waals surface area (Å²) in [5.41, 5.74) is 5.83. The Morgan fingerprint density at radius 2 is 2.20 bits per heavy atom. The van der Waals surface area contributed by atoms with Gasteiger partial charge in [0.1, 0.15) is 5.82 Å². The van der Waals surface area contributed by atoms with Gasteiger partial charge in [-0.2, -0.15) is 0 Å². The van der Waals surface area contributed by atoms with Crippen molar-refractivity contribution in [3.05, 3.63) is 44.9 Å². The van der Waals surface area contributed by atoms with Crippen molar-refractivity contribution >= 4 is 40.3 Å². The molecule has 1 heterocycles. The molecule has 0 bridgehead atoms. The molecule has 0 aliphatic rings. The maximum absolute atomic E-state index is 13.6. The van der Waals surface area contributed by atoms with E-state index in [1.54, 1.807) is 6.07 Å². The van der Waals surface area contributed by atoms with Crippen LogP contribution in [0, 0.1) is 5.82 Å². The third kappa shape index (κ3) is 3.02. The lowest BCUT2D eigenvalue weighted by molar-refractivity contribution is 0.0692. The molecule has 0 amide bonds. The fourth-order valence-corrected chi connectivity index (χ4v) is 2.81. The van der Waals surface area contributed by atoms with Crippen molar-refractivity contribution in [3.63, 3.8) is 0 Å². The van der Waals surface area contributed by atoms with Crippen LogP contribution in [-0.4, -0.2) is 11.1 Å². The summed E-state index contributed by atoms with van der Waals surface area (Å²) in [6.07, 6.45) is 0. The topological polar surface area (TPSA) is 75.3 Å². The second-order valence-electron chi connectivity index (χ2n) is 4.23. The lowest BCUT2D eigenvalue weighted by Gasteiger charge is -2.16. The molecule has 0 saturated carbocycles. The quantitative estimate of drug-likeness (QED) is 0.746. The highest BCUT2D eigenvalue weighted by Gasteiger charge is 2.16. The molecule has 2 aromatic rings. The molecule has 0 aliphatic heterocycles. The Bertz CT molecular complexity index is 660. The highest BCUT2D eigenvalue weighted by molar-refractivity contribution is 7.16. The minimum Gasteiger partial charge on any atom is -0.478 e. The second-order valence-corrected chi connectivity index (χ2v) is 5.98. The number of carboxylic acids is 1. The fourth-order valence-electron chi connectivity index (χ4n) is 1.74. The first-order chi connectivity index (χ1) is 9.38. The molecule has 0 fully saturated rings. The summed E-state index contributed by atoms with van der Waals surface area (Å²) in [5, 5.41) is 11.9. The zero-order chi connectivity index (χ0) is 14.9. The van der Waals surface area contributed by atoms with Gasteiger partial charge in [-0.1, -0.05) is 11.6 Å². The summed E-state index contributed by atoms with van der Waals surface area (Å²) < 4.78 is 14.3. The summed E-state index contributed by atoms with van der Waals surface area (Å²) >= 11 is 7.27. The molecule has 0 aliphatic carbocycles. The van der Waals surface area contributed by atoms with Crippen molar-refractivity contribution in [1.82, 2.24) is 0 Å². The van der Waals surface area contributed by atoms with E-state index in [4.69, 9.17) is 22.4 Å². The van der Waals surface area contributed by atoms with Crippen molar-refractivity contribution in [3.8, 4) is 0 Å². The Balaban J connectivity index is 2.25. The van der Waals surface area contributed by atoms with Crippen molar-refractivity contribution < 1.29 is 14.3 Å². The van der Waals surface area contributed by atoms with Gasteiger partial charge in [-0.15, -0.1) is 11.3 Å². The van der Waals surface area contributed by atoms with Gasteiger partial charge in [-0.25, -0.2) is 9.18 Å². The minimum atomic E-state index is -1.35. The molecular weight excluding hydrogens is 303 g/mol. The van der Waals surface area contributed by atoms with E-state index in [1.807, 2.05) is 13.0 Å². The second kappa shape index (κ2) is 5.68. The number of hydrogen-bond donors (Lipinski definition) is 3. The SMILES string of the molecule is CC(Nc1cc(F)c(C(=O)O)cc1N)c1ccc(Cl)s1. The van der Waals surface area contributed by atoms with Gasteiger partial charge in [0.15, 0.2) is 0 Å². The molecule has 106 valence electrons. The number of benzene rings is 1. The van der Waals surface area contributed by atoms with Crippen LogP contribution in [0.2, 0.25) is 4.34 Å². The predicted molar refractivity (Wildman–Crippen MR) is 79.1 cm³/mol. The fraction of sp³-hybridized carbons (Fsp3) is 0.154. The number of hydrogen-bond acceptors (Lipinski definition) is 4. The van der Waals surface area contributed by atoms with Crippen LogP contribution in [-0.2, 0) is 0 Å². The molecule has 0 saturated heterocycles. The third-order valence-electron chi connectivity index (χ3n) is 2.76. The lowest BCUT2D eigenvalue weighted by atomic mass is 10.1. The van der Waals surface area contributed by atoms with E-state index in [0.29, 0.717) is 10.0 Å². The summed E-state index contributed by atoms with van der Waals surface area (Å²) in [5.74, 6) is -2.18. The van der Waals surface area contributed by atoms with E-state index in [-0.39, 0.29) is 11.7 Å². The molecule has 0 radical (unpaired) electrons. The third-order valence-corrected chi connectivity index (χ3v) is 4.18. The number of halogens is 2. The van der Waals surface area contributed by atoms with Gasteiger partial charge in [0.25, 0.3) is 0 Å². The molecule has 0 spiro atoms.